The van der Waals surface area contributed by atoms with Crippen molar-refractivity contribution in [2.24, 2.45) is 0 Å². The van der Waals surface area contributed by atoms with Gasteiger partial charge in [-0.15, -0.1) is 24.2 Å². The number of nitrogens with one attached hydrogen (secondary N) is 1. The first-order valence-electron chi connectivity index (χ1n) is 9.39. The van der Waals surface area contributed by atoms with Crippen molar-refractivity contribution < 1.29 is 14.3 Å². The lowest BCUT2D eigenvalue weighted by Crippen LogP contribution is -2.31. The van der Waals surface area contributed by atoms with Gasteiger partial charge in [0.05, 0.1) is 6.04 Å². The van der Waals surface area contributed by atoms with Gasteiger partial charge in [-0.1, -0.05) is 6.07 Å². The largest absolute Gasteiger partial charge is 0.486 e. The number of nitrogens with two attached hydrogens (primary N) is 1. The number of fused-ring (bicyclic) bond motifs is 2. The first-order valence-corrected chi connectivity index (χ1v) is 10.4. The highest BCUT2D eigenvalue weighted by Gasteiger charge is 2.21. The zero-order valence-corrected chi connectivity index (χ0v) is 17.2. The minimum Gasteiger partial charge on any atom is -0.486 e. The van der Waals surface area contributed by atoms with Crippen LogP contribution in [-0.4, -0.2) is 24.9 Å². The van der Waals surface area contributed by atoms with Crippen molar-refractivity contribution in [2.45, 2.75) is 36.6 Å². The first-order chi connectivity index (χ1) is 13.2. The van der Waals surface area contributed by atoms with Gasteiger partial charge < -0.3 is 20.5 Å². The SMILES string of the molecule is Cl.Nc1ccc2c(c1)CCCC2NC(=O)CCSc1ccc2c(c1)OCCO2. The number of thioether (sulfide) groups is 1. The number of aryl methyl sites for hydroxylation is 1. The monoisotopic (exact) mass is 420 g/mol. The maximum Gasteiger partial charge on any atom is 0.221 e. The average molecular weight is 421 g/mol. The normalized spacial score (nSPS) is 17.2. The highest BCUT2D eigenvalue weighted by atomic mass is 35.5. The second kappa shape index (κ2) is 9.43. The molecule has 2 aromatic rings. The molecule has 1 atom stereocenters. The van der Waals surface area contributed by atoms with Crippen LogP contribution < -0.4 is 20.5 Å². The van der Waals surface area contributed by atoms with E-state index >= 15 is 0 Å². The molecule has 0 saturated carbocycles. The van der Waals surface area contributed by atoms with Crippen molar-refractivity contribution in [1.29, 1.82) is 0 Å². The van der Waals surface area contributed by atoms with Gasteiger partial charge in [0.2, 0.25) is 5.91 Å². The van der Waals surface area contributed by atoms with Crippen LogP contribution in [-0.2, 0) is 11.2 Å². The summed E-state index contributed by atoms with van der Waals surface area (Å²) in [6.45, 7) is 1.18. The molecule has 0 radical (unpaired) electrons. The van der Waals surface area contributed by atoms with Gasteiger partial charge in [-0.25, -0.2) is 0 Å². The molecular formula is C21H25ClN2O3S. The van der Waals surface area contributed by atoms with Gasteiger partial charge in [0.25, 0.3) is 0 Å². The maximum atomic E-state index is 12.4. The Morgan fingerprint density at radius 1 is 1.14 bits per heavy atom. The topological polar surface area (TPSA) is 73.6 Å². The number of amides is 1. The van der Waals surface area contributed by atoms with Gasteiger partial charge >= 0.3 is 0 Å². The number of nitrogen functional groups attached to an aromatic ring is 1. The van der Waals surface area contributed by atoms with Gasteiger partial charge in [0.1, 0.15) is 13.2 Å². The second-order valence-corrected chi connectivity index (χ2v) is 8.04. The summed E-state index contributed by atoms with van der Waals surface area (Å²) < 4.78 is 11.1. The molecule has 28 heavy (non-hydrogen) atoms. The number of carbonyl (C=O) groups excluding carboxylic acids is 1. The number of benzene rings is 2. The molecule has 1 amide bonds. The van der Waals surface area contributed by atoms with Gasteiger partial charge in [-0.3, -0.25) is 4.79 Å². The lowest BCUT2D eigenvalue weighted by molar-refractivity contribution is -0.121. The van der Waals surface area contributed by atoms with E-state index in [1.165, 1.54) is 11.1 Å². The Kier molecular flexibility index (Phi) is 6.97. The standard InChI is InChI=1S/C21H24N2O3S.ClH/c22-15-4-6-17-14(12-15)2-1-3-18(17)23-21(24)8-11-27-16-5-7-19-20(13-16)26-10-9-25-19;/h4-7,12-13,18H,1-3,8-11,22H2,(H,23,24);1H. The van der Waals surface area contributed by atoms with E-state index in [9.17, 15) is 4.79 Å². The summed E-state index contributed by atoms with van der Waals surface area (Å²) in [6, 6.07) is 12.0. The zero-order chi connectivity index (χ0) is 18.6. The first kappa shape index (κ1) is 20.7. The van der Waals surface area contributed by atoms with Crippen molar-refractivity contribution in [3.05, 3.63) is 47.5 Å². The molecule has 0 bridgehead atoms. The molecule has 4 rings (SSSR count). The molecule has 1 aliphatic carbocycles. The summed E-state index contributed by atoms with van der Waals surface area (Å²) >= 11 is 1.66. The fraction of sp³-hybridized carbons (Fsp3) is 0.381. The summed E-state index contributed by atoms with van der Waals surface area (Å²) in [4.78, 5) is 13.5. The van der Waals surface area contributed by atoms with Crippen molar-refractivity contribution in [3.63, 3.8) is 0 Å². The maximum absolute atomic E-state index is 12.4. The number of rotatable bonds is 5. The molecular weight excluding hydrogens is 396 g/mol. The summed E-state index contributed by atoms with van der Waals surface area (Å²) in [6.07, 6.45) is 3.58. The van der Waals surface area contributed by atoms with E-state index in [-0.39, 0.29) is 24.4 Å². The van der Waals surface area contributed by atoms with Crippen LogP contribution in [0.15, 0.2) is 41.3 Å². The predicted molar refractivity (Wildman–Crippen MR) is 115 cm³/mol. The van der Waals surface area contributed by atoms with E-state index in [0.717, 1.165) is 47.1 Å². The van der Waals surface area contributed by atoms with E-state index in [2.05, 4.69) is 11.4 Å². The molecule has 0 saturated heterocycles. The summed E-state index contributed by atoms with van der Waals surface area (Å²) in [5.41, 5.74) is 9.15. The van der Waals surface area contributed by atoms with Crippen LogP contribution in [0, 0.1) is 0 Å². The Hall–Kier alpha value is -2.05. The van der Waals surface area contributed by atoms with E-state index in [1.807, 2.05) is 30.3 Å². The third kappa shape index (κ3) is 4.86. The summed E-state index contributed by atoms with van der Waals surface area (Å²) in [5.74, 6) is 2.40. The van der Waals surface area contributed by atoms with Crippen LogP contribution in [0.25, 0.3) is 0 Å². The van der Waals surface area contributed by atoms with Gasteiger partial charge in [-0.05, 0) is 60.7 Å². The van der Waals surface area contributed by atoms with Crippen LogP contribution >= 0.6 is 24.2 Å². The van der Waals surface area contributed by atoms with Crippen molar-refractivity contribution in [2.75, 3.05) is 24.7 Å². The number of carbonyl (C=O) groups is 1. The highest BCUT2D eigenvalue weighted by molar-refractivity contribution is 7.99. The molecule has 7 heteroatoms. The Bertz CT molecular complexity index is 846. The smallest absolute Gasteiger partial charge is 0.221 e. The Balaban J connectivity index is 0.00000225. The number of ether oxygens (including phenoxy) is 2. The fourth-order valence-electron chi connectivity index (χ4n) is 3.63. The van der Waals surface area contributed by atoms with E-state index in [1.54, 1.807) is 11.8 Å². The van der Waals surface area contributed by atoms with E-state index in [0.29, 0.717) is 19.6 Å². The number of hydrogen-bond acceptors (Lipinski definition) is 5. The molecule has 0 aromatic heterocycles. The molecule has 1 aliphatic heterocycles. The van der Waals surface area contributed by atoms with Gasteiger partial charge in [0, 0.05) is 22.8 Å². The lowest BCUT2D eigenvalue weighted by atomic mass is 9.87. The zero-order valence-electron chi connectivity index (χ0n) is 15.6. The predicted octanol–water partition coefficient (Wildman–Crippen LogP) is 4.14. The molecule has 1 heterocycles. The second-order valence-electron chi connectivity index (χ2n) is 6.87. The van der Waals surface area contributed by atoms with Crippen molar-refractivity contribution >= 4 is 35.8 Å². The van der Waals surface area contributed by atoms with Crippen molar-refractivity contribution in [3.8, 4) is 11.5 Å². The minimum absolute atomic E-state index is 0. The summed E-state index contributed by atoms with van der Waals surface area (Å²) in [7, 11) is 0. The molecule has 2 aliphatic rings. The number of halogens is 1. The molecule has 0 spiro atoms. The highest BCUT2D eigenvalue weighted by Crippen LogP contribution is 2.34. The number of hydrogen-bond donors (Lipinski definition) is 2. The average Bonchev–Trinajstić information content (AvgIpc) is 2.68. The van der Waals surface area contributed by atoms with Gasteiger partial charge in [0.15, 0.2) is 11.5 Å². The summed E-state index contributed by atoms with van der Waals surface area (Å²) in [5, 5.41) is 3.19. The third-order valence-electron chi connectivity index (χ3n) is 4.93. The third-order valence-corrected chi connectivity index (χ3v) is 5.92. The molecule has 0 fully saturated rings. The quantitative estimate of drug-likeness (QED) is 0.561. The Labute approximate surface area is 175 Å². The van der Waals surface area contributed by atoms with Gasteiger partial charge in [-0.2, -0.15) is 0 Å². The molecule has 2 aromatic carbocycles. The number of anilines is 1. The van der Waals surface area contributed by atoms with E-state index < -0.39 is 0 Å². The van der Waals surface area contributed by atoms with E-state index in [4.69, 9.17) is 15.2 Å². The van der Waals surface area contributed by atoms with Crippen molar-refractivity contribution in [1.82, 2.24) is 5.32 Å². The fourth-order valence-corrected chi connectivity index (χ4v) is 4.50. The Morgan fingerprint density at radius 2 is 1.96 bits per heavy atom. The molecule has 3 N–H and O–H groups in total. The molecule has 1 unspecified atom stereocenters. The Morgan fingerprint density at radius 3 is 2.82 bits per heavy atom. The minimum atomic E-state index is 0. The van der Waals surface area contributed by atoms with Crippen LogP contribution in [0.5, 0.6) is 11.5 Å². The van der Waals surface area contributed by atoms with Crippen LogP contribution in [0.3, 0.4) is 0 Å². The van der Waals surface area contributed by atoms with Crippen LogP contribution in [0.1, 0.15) is 36.4 Å². The van der Waals surface area contributed by atoms with Crippen LogP contribution in [0.4, 0.5) is 5.69 Å². The lowest BCUT2D eigenvalue weighted by Gasteiger charge is -2.26. The molecule has 5 nitrogen and oxygen atoms in total. The van der Waals surface area contributed by atoms with Crippen LogP contribution in [0.2, 0.25) is 0 Å². The molecule has 150 valence electrons.